The van der Waals surface area contributed by atoms with Crippen molar-refractivity contribution in [3.63, 3.8) is 0 Å². The summed E-state index contributed by atoms with van der Waals surface area (Å²) in [6, 6.07) is 3.11. The lowest BCUT2D eigenvalue weighted by molar-refractivity contribution is -0.136. The molecule has 0 radical (unpaired) electrons. The summed E-state index contributed by atoms with van der Waals surface area (Å²) >= 11 is 5.73. The van der Waals surface area contributed by atoms with E-state index in [1.165, 1.54) is 6.42 Å². The number of anilines is 2. The number of Topliss-reactive ketones (excluding diaryl/α,β-unsaturated/α-hetero) is 1. The fraction of sp³-hybridized carbons (Fsp3) is 0.625. The molecule has 0 spiro atoms. The van der Waals surface area contributed by atoms with Crippen LogP contribution < -0.4 is 19.7 Å². The molecule has 0 bridgehead atoms. The van der Waals surface area contributed by atoms with Crippen LogP contribution >= 0.6 is 12.2 Å². The van der Waals surface area contributed by atoms with Gasteiger partial charge in [-0.2, -0.15) is 4.98 Å². The van der Waals surface area contributed by atoms with Crippen molar-refractivity contribution >= 4 is 57.5 Å². The van der Waals surface area contributed by atoms with E-state index in [-0.39, 0.29) is 29.4 Å². The average Bonchev–Trinajstić information content (AvgIpc) is 3.54. The zero-order chi connectivity index (χ0) is 31.4. The Hall–Kier alpha value is -3.54. The van der Waals surface area contributed by atoms with Crippen molar-refractivity contribution in [2.45, 2.75) is 71.3 Å². The molecule has 11 nitrogen and oxygen atoms in total. The standard InChI is InChI=1S/C32H44N6O5S/c1-20(17-21(2)39)31(44)38-12-8-11-25(38)29(40)34-28-23-18-26(42-3)27(43-4)19-24(23)33-32(35-28)37-15-13-36(14-16-37)30(41)22-9-6-5-7-10-22/h18-20,22,25H,5-17H2,1-4H3,(H,33,34,35,40)/t20?,25-/m1/s1. The second-order valence-corrected chi connectivity index (χ2v) is 12.6. The maximum atomic E-state index is 13.8. The number of hydrogen-bond acceptors (Lipinski definition) is 9. The van der Waals surface area contributed by atoms with Crippen molar-refractivity contribution < 1.29 is 23.9 Å². The van der Waals surface area contributed by atoms with Crippen LogP contribution in [0.3, 0.4) is 0 Å². The summed E-state index contributed by atoms with van der Waals surface area (Å²) in [6.07, 6.45) is 7.29. The van der Waals surface area contributed by atoms with E-state index in [2.05, 4.69) is 10.2 Å². The Labute approximate surface area is 264 Å². The topological polar surface area (TPSA) is 117 Å². The molecule has 5 rings (SSSR count). The first kappa shape index (κ1) is 31.9. The van der Waals surface area contributed by atoms with Gasteiger partial charge in [0.05, 0.1) is 24.7 Å². The summed E-state index contributed by atoms with van der Waals surface area (Å²) in [5, 5.41) is 3.71. The highest BCUT2D eigenvalue weighted by Crippen LogP contribution is 2.36. The molecule has 3 heterocycles. The summed E-state index contributed by atoms with van der Waals surface area (Å²) in [6.45, 7) is 6.58. The van der Waals surface area contributed by atoms with E-state index in [4.69, 9.17) is 31.7 Å². The predicted octanol–water partition coefficient (Wildman–Crippen LogP) is 4.22. The normalized spacial score (nSPS) is 20.0. The molecular weight excluding hydrogens is 580 g/mol. The van der Waals surface area contributed by atoms with Gasteiger partial charge in [0.1, 0.15) is 17.6 Å². The molecule has 1 aromatic carbocycles. The lowest BCUT2D eigenvalue weighted by atomic mass is 9.88. The maximum absolute atomic E-state index is 13.8. The van der Waals surface area contributed by atoms with Crippen molar-refractivity contribution in [3.8, 4) is 11.5 Å². The number of rotatable bonds is 9. The number of aromatic nitrogens is 2. The fourth-order valence-corrected chi connectivity index (χ4v) is 7.02. The van der Waals surface area contributed by atoms with Gasteiger partial charge in [0.25, 0.3) is 0 Å². The van der Waals surface area contributed by atoms with Crippen molar-refractivity contribution in [2.24, 2.45) is 11.8 Å². The third-order valence-corrected chi connectivity index (χ3v) is 9.75. The molecule has 3 fully saturated rings. The zero-order valence-electron chi connectivity index (χ0n) is 26.3. The molecule has 1 unspecified atom stereocenters. The summed E-state index contributed by atoms with van der Waals surface area (Å²) < 4.78 is 11.1. The summed E-state index contributed by atoms with van der Waals surface area (Å²) in [5.41, 5.74) is 0.609. The number of carbonyl (C=O) groups is 3. The number of likely N-dealkylation sites (tertiary alicyclic amines) is 1. The van der Waals surface area contributed by atoms with Gasteiger partial charge in [0.2, 0.25) is 17.8 Å². The quantitative estimate of drug-likeness (QED) is 0.407. The number of benzene rings is 1. The monoisotopic (exact) mass is 624 g/mol. The van der Waals surface area contributed by atoms with Crippen molar-refractivity contribution in [1.29, 1.82) is 0 Å². The van der Waals surface area contributed by atoms with Gasteiger partial charge in [-0.05, 0) is 38.7 Å². The number of thiocarbonyl (C=S) groups is 1. The minimum atomic E-state index is -0.458. The number of ketones is 1. The number of fused-ring (bicyclic) bond motifs is 1. The Morgan fingerprint density at radius 2 is 1.64 bits per heavy atom. The van der Waals surface area contributed by atoms with Crippen LogP contribution in [0.1, 0.15) is 65.2 Å². The maximum Gasteiger partial charge on any atom is 0.248 e. The van der Waals surface area contributed by atoms with Crippen LogP contribution in [0.5, 0.6) is 11.5 Å². The summed E-state index contributed by atoms with van der Waals surface area (Å²) in [5.74, 6) is 2.05. The van der Waals surface area contributed by atoms with Crippen LogP contribution in [0.2, 0.25) is 0 Å². The number of ether oxygens (including phenoxy) is 2. The second-order valence-electron chi connectivity index (χ2n) is 12.2. The van der Waals surface area contributed by atoms with Crippen LogP contribution in [0.15, 0.2) is 12.1 Å². The van der Waals surface area contributed by atoms with Gasteiger partial charge in [0.15, 0.2) is 11.5 Å². The van der Waals surface area contributed by atoms with Crippen LogP contribution in [0.4, 0.5) is 11.8 Å². The van der Waals surface area contributed by atoms with E-state index < -0.39 is 6.04 Å². The molecule has 2 aromatic rings. The lowest BCUT2D eigenvalue weighted by Gasteiger charge is -2.37. The van der Waals surface area contributed by atoms with Gasteiger partial charge in [-0.1, -0.05) is 38.4 Å². The molecule has 1 saturated carbocycles. The van der Waals surface area contributed by atoms with Crippen LogP contribution in [-0.2, 0) is 14.4 Å². The fourth-order valence-electron chi connectivity index (χ4n) is 6.72. The Morgan fingerprint density at radius 1 is 0.955 bits per heavy atom. The van der Waals surface area contributed by atoms with E-state index in [1.807, 2.05) is 16.7 Å². The summed E-state index contributed by atoms with van der Waals surface area (Å²) in [7, 11) is 3.13. The minimum Gasteiger partial charge on any atom is -0.493 e. The molecule has 2 atom stereocenters. The first-order valence-electron chi connectivity index (χ1n) is 15.8. The van der Waals surface area contributed by atoms with Gasteiger partial charge in [0, 0.05) is 62.4 Å². The van der Waals surface area contributed by atoms with Crippen molar-refractivity contribution in [2.75, 3.05) is 57.2 Å². The predicted molar refractivity (Wildman–Crippen MR) is 173 cm³/mol. The average molecular weight is 625 g/mol. The minimum absolute atomic E-state index is 0.0728. The highest BCUT2D eigenvalue weighted by atomic mass is 32.1. The molecule has 1 aliphatic carbocycles. The van der Waals surface area contributed by atoms with Crippen molar-refractivity contribution in [3.05, 3.63) is 12.1 Å². The van der Waals surface area contributed by atoms with E-state index >= 15 is 0 Å². The number of nitrogens with one attached hydrogen (secondary N) is 1. The Balaban J connectivity index is 1.39. The Bertz CT molecular complexity index is 1410. The Morgan fingerprint density at radius 3 is 2.30 bits per heavy atom. The molecule has 1 N–H and O–H groups in total. The van der Waals surface area contributed by atoms with Gasteiger partial charge in [-0.15, -0.1) is 0 Å². The van der Waals surface area contributed by atoms with E-state index in [1.54, 1.807) is 33.3 Å². The first-order valence-corrected chi connectivity index (χ1v) is 16.2. The van der Waals surface area contributed by atoms with Gasteiger partial charge in [-0.25, -0.2) is 4.98 Å². The van der Waals surface area contributed by atoms with Crippen molar-refractivity contribution in [1.82, 2.24) is 19.8 Å². The van der Waals surface area contributed by atoms with Crippen LogP contribution in [0, 0.1) is 11.8 Å². The number of nitrogens with zero attached hydrogens (tertiary/aromatic N) is 5. The number of piperazine rings is 1. The van der Waals surface area contributed by atoms with Crippen LogP contribution in [-0.4, -0.2) is 95.3 Å². The first-order chi connectivity index (χ1) is 21.2. The van der Waals surface area contributed by atoms with E-state index in [0.29, 0.717) is 84.7 Å². The molecular formula is C32H44N6O5S. The third kappa shape index (κ3) is 6.90. The van der Waals surface area contributed by atoms with Gasteiger partial charge < -0.3 is 34.3 Å². The molecule has 1 aromatic heterocycles. The van der Waals surface area contributed by atoms with E-state index in [0.717, 1.165) is 32.1 Å². The second kappa shape index (κ2) is 14.0. The highest BCUT2D eigenvalue weighted by Gasteiger charge is 2.35. The molecule has 3 aliphatic rings. The largest absolute Gasteiger partial charge is 0.493 e. The highest BCUT2D eigenvalue weighted by molar-refractivity contribution is 7.80. The summed E-state index contributed by atoms with van der Waals surface area (Å²) in [4.78, 5) is 55.0. The molecule has 2 saturated heterocycles. The SMILES string of the molecule is COc1cc2nc(N3CCN(C(=O)C4CCCCC4)CC3)nc(NC(=O)[C@H]3CCCN3C(=S)C(C)CC(C)=O)c2cc1OC. The lowest BCUT2D eigenvalue weighted by Crippen LogP contribution is -2.51. The zero-order valence-corrected chi connectivity index (χ0v) is 27.1. The number of amides is 2. The smallest absolute Gasteiger partial charge is 0.248 e. The third-order valence-electron chi connectivity index (χ3n) is 9.11. The van der Waals surface area contributed by atoms with Crippen LogP contribution in [0.25, 0.3) is 10.9 Å². The molecule has 44 heavy (non-hydrogen) atoms. The van der Waals surface area contributed by atoms with Gasteiger partial charge >= 0.3 is 0 Å². The molecule has 12 heteroatoms. The molecule has 238 valence electrons. The number of hydrogen-bond donors (Lipinski definition) is 1. The molecule has 2 aliphatic heterocycles. The number of methoxy groups -OCH3 is 2. The van der Waals surface area contributed by atoms with Gasteiger partial charge in [-0.3, -0.25) is 9.59 Å². The number of carbonyl (C=O) groups excluding carboxylic acids is 3. The Kier molecular flexibility index (Phi) is 10.2. The van der Waals surface area contributed by atoms with E-state index in [9.17, 15) is 14.4 Å². The molecule has 2 amide bonds.